The fourth-order valence-corrected chi connectivity index (χ4v) is 5.46. The van der Waals surface area contributed by atoms with E-state index in [1.54, 1.807) is 24.3 Å². The number of carbonyl (C=O) groups excluding carboxylic acids is 1. The fraction of sp³-hybridized carbons (Fsp3) is 0.103. The Morgan fingerprint density at radius 3 is 2.27 bits per heavy atom. The molecule has 40 heavy (non-hydrogen) atoms. The smallest absolute Gasteiger partial charge is 0.271 e. The number of hydrazone groups is 1. The van der Waals surface area contributed by atoms with Gasteiger partial charge in [-0.25, -0.2) is 17.5 Å². The maximum atomic E-state index is 13.2. The number of nitrogens with one attached hydrogen (secondary N) is 2. The Morgan fingerprint density at radius 2 is 1.57 bits per heavy atom. The fourth-order valence-electron chi connectivity index (χ4n) is 4.47. The highest BCUT2D eigenvalue weighted by Crippen LogP contribution is 2.29. The van der Waals surface area contributed by atoms with Gasteiger partial charge in [0.1, 0.15) is 11.5 Å². The minimum Gasteiger partial charge on any atom is -0.271 e. The van der Waals surface area contributed by atoms with Gasteiger partial charge in [-0.05, 0) is 72.4 Å². The molecular formula is C29H23FN4O5S. The van der Waals surface area contributed by atoms with Gasteiger partial charge in [-0.15, -0.1) is 0 Å². The summed E-state index contributed by atoms with van der Waals surface area (Å²) in [6.07, 6.45) is 2.51. The molecular weight excluding hydrogens is 535 g/mol. The molecule has 0 aromatic heterocycles. The van der Waals surface area contributed by atoms with Gasteiger partial charge in [-0.2, -0.15) is 5.10 Å². The van der Waals surface area contributed by atoms with E-state index in [0.717, 1.165) is 47.4 Å². The Hall–Kier alpha value is -4.90. The Kier molecular flexibility index (Phi) is 7.39. The van der Waals surface area contributed by atoms with Crippen molar-refractivity contribution in [2.24, 2.45) is 5.10 Å². The lowest BCUT2D eigenvalue weighted by Crippen LogP contribution is -2.30. The number of nitrogens with zero attached hydrogens (tertiary/aromatic N) is 2. The Bertz CT molecular complexity index is 1740. The summed E-state index contributed by atoms with van der Waals surface area (Å²) in [5.41, 5.74) is 6.58. The molecule has 11 heteroatoms. The number of anilines is 1. The van der Waals surface area contributed by atoms with Crippen LogP contribution >= 0.6 is 0 Å². The van der Waals surface area contributed by atoms with Crippen molar-refractivity contribution in [2.75, 3.05) is 5.43 Å². The lowest BCUT2D eigenvalue weighted by Gasteiger charge is -2.17. The third-order valence-electron chi connectivity index (χ3n) is 6.53. The van der Waals surface area contributed by atoms with Gasteiger partial charge in [-0.3, -0.25) is 20.3 Å². The number of benzene rings is 4. The predicted octanol–water partition coefficient (Wildman–Crippen LogP) is 5.67. The highest BCUT2D eigenvalue weighted by atomic mass is 32.2. The van der Waals surface area contributed by atoms with Crippen LogP contribution in [0.3, 0.4) is 0 Å². The Balaban J connectivity index is 1.34. The van der Waals surface area contributed by atoms with E-state index in [2.05, 4.69) is 10.5 Å². The average molecular weight is 559 g/mol. The number of amides is 1. The number of halogens is 1. The van der Waals surface area contributed by atoms with E-state index in [1.807, 2.05) is 29.0 Å². The molecule has 4 aromatic rings. The summed E-state index contributed by atoms with van der Waals surface area (Å²) >= 11 is 0. The molecule has 5 rings (SSSR count). The van der Waals surface area contributed by atoms with Crippen LogP contribution in [0.4, 0.5) is 15.8 Å². The number of rotatable bonds is 7. The summed E-state index contributed by atoms with van der Waals surface area (Å²) in [4.78, 5) is 23.3. The summed E-state index contributed by atoms with van der Waals surface area (Å²) in [5.74, 6) is -1.28. The maximum Gasteiger partial charge on any atom is 0.295 e. The molecule has 0 radical (unpaired) electrons. The zero-order valence-corrected chi connectivity index (χ0v) is 21.8. The van der Waals surface area contributed by atoms with E-state index in [9.17, 15) is 27.7 Å². The molecule has 0 bridgehead atoms. The predicted molar refractivity (Wildman–Crippen MR) is 149 cm³/mol. The van der Waals surface area contributed by atoms with Crippen LogP contribution in [0.25, 0.3) is 11.1 Å². The molecule has 2 N–H and O–H groups in total. The lowest BCUT2D eigenvalue weighted by atomic mass is 9.90. The van der Waals surface area contributed by atoms with Crippen LogP contribution in [0, 0.1) is 15.9 Å². The SMILES string of the molecule is O=C(NS(=O)(=O)c1ccc(N/N=C2\CCCc3ccccc32)c([N+](=O)[O-])c1)c1ccc(-c2ccc(F)cc2)cc1. The molecule has 0 aliphatic heterocycles. The Morgan fingerprint density at radius 1 is 0.900 bits per heavy atom. The van der Waals surface area contributed by atoms with Crippen molar-refractivity contribution in [2.45, 2.75) is 24.2 Å². The molecule has 0 saturated carbocycles. The van der Waals surface area contributed by atoms with Gasteiger partial charge >= 0.3 is 0 Å². The van der Waals surface area contributed by atoms with Crippen molar-refractivity contribution in [3.63, 3.8) is 0 Å². The zero-order valence-electron chi connectivity index (χ0n) is 21.0. The van der Waals surface area contributed by atoms with Crippen molar-refractivity contribution in [3.8, 4) is 11.1 Å². The monoisotopic (exact) mass is 558 g/mol. The van der Waals surface area contributed by atoms with Gasteiger partial charge < -0.3 is 0 Å². The number of fused-ring (bicyclic) bond motifs is 1. The van der Waals surface area contributed by atoms with Crippen LogP contribution in [0.5, 0.6) is 0 Å². The van der Waals surface area contributed by atoms with Crippen molar-refractivity contribution < 1.29 is 22.5 Å². The lowest BCUT2D eigenvalue weighted by molar-refractivity contribution is -0.384. The minimum absolute atomic E-state index is 0.0159. The minimum atomic E-state index is -4.43. The molecule has 1 aliphatic rings. The van der Waals surface area contributed by atoms with E-state index in [4.69, 9.17) is 0 Å². The van der Waals surface area contributed by atoms with Gasteiger partial charge in [0.05, 0.1) is 15.5 Å². The van der Waals surface area contributed by atoms with Crippen molar-refractivity contribution in [1.29, 1.82) is 0 Å². The van der Waals surface area contributed by atoms with E-state index >= 15 is 0 Å². The summed E-state index contributed by atoms with van der Waals surface area (Å²) in [5, 5.41) is 16.2. The third kappa shape index (κ3) is 5.74. The molecule has 4 aromatic carbocycles. The Labute approximate surface area is 229 Å². The number of carbonyl (C=O) groups is 1. The second-order valence-corrected chi connectivity index (χ2v) is 10.8. The van der Waals surface area contributed by atoms with Crippen LogP contribution in [-0.4, -0.2) is 25.0 Å². The number of sulfonamides is 1. The van der Waals surface area contributed by atoms with E-state index in [-0.39, 0.29) is 17.1 Å². The van der Waals surface area contributed by atoms with E-state index < -0.39 is 31.4 Å². The number of nitro benzene ring substituents is 1. The second-order valence-electron chi connectivity index (χ2n) is 9.14. The first kappa shape index (κ1) is 26.7. The second kappa shape index (κ2) is 11.1. The molecule has 202 valence electrons. The summed E-state index contributed by atoms with van der Waals surface area (Å²) < 4.78 is 41.0. The summed E-state index contributed by atoms with van der Waals surface area (Å²) in [7, 11) is -4.43. The zero-order chi connectivity index (χ0) is 28.3. The standard InChI is InChI=1S/C29H23FN4O5S/c30-23-14-12-20(13-15-23)19-8-10-22(11-9-19)29(35)33-40(38,39)24-16-17-27(28(18-24)34(36)37)32-31-26-7-3-5-21-4-1-2-6-25(21)26/h1-2,4,6,8-18,32H,3,5,7H2,(H,33,35)/b31-26+. The molecule has 0 unspecified atom stereocenters. The number of hydrogen-bond acceptors (Lipinski definition) is 7. The van der Waals surface area contributed by atoms with E-state index in [1.165, 1.54) is 30.3 Å². The van der Waals surface area contributed by atoms with Crippen LogP contribution < -0.4 is 10.1 Å². The van der Waals surface area contributed by atoms with Gasteiger partial charge in [0.15, 0.2) is 0 Å². The topological polar surface area (TPSA) is 131 Å². The summed E-state index contributed by atoms with van der Waals surface area (Å²) in [6.45, 7) is 0. The molecule has 0 heterocycles. The number of nitro groups is 1. The van der Waals surface area contributed by atoms with Crippen molar-refractivity contribution in [3.05, 3.63) is 124 Å². The molecule has 0 saturated heterocycles. The first-order valence-electron chi connectivity index (χ1n) is 12.3. The van der Waals surface area contributed by atoms with Crippen LogP contribution in [0.1, 0.15) is 34.3 Å². The van der Waals surface area contributed by atoms with Crippen LogP contribution in [0.15, 0.2) is 101 Å². The van der Waals surface area contributed by atoms with E-state index in [0.29, 0.717) is 12.0 Å². The van der Waals surface area contributed by atoms with Gasteiger partial charge in [0.2, 0.25) is 0 Å². The number of hydrogen-bond donors (Lipinski definition) is 2. The first-order chi connectivity index (χ1) is 19.2. The van der Waals surface area contributed by atoms with Crippen molar-refractivity contribution in [1.82, 2.24) is 4.72 Å². The molecule has 0 fully saturated rings. The van der Waals surface area contributed by atoms with Gasteiger partial charge in [-0.1, -0.05) is 48.5 Å². The highest BCUT2D eigenvalue weighted by molar-refractivity contribution is 7.90. The van der Waals surface area contributed by atoms with Gasteiger partial charge in [0, 0.05) is 17.2 Å². The van der Waals surface area contributed by atoms with Crippen LogP contribution in [-0.2, 0) is 16.4 Å². The molecule has 0 atom stereocenters. The quantitative estimate of drug-likeness (QED) is 0.222. The molecule has 1 amide bonds. The maximum absolute atomic E-state index is 13.2. The average Bonchev–Trinajstić information content (AvgIpc) is 2.96. The highest BCUT2D eigenvalue weighted by Gasteiger charge is 2.24. The normalized spacial score (nSPS) is 13.9. The summed E-state index contributed by atoms with van der Waals surface area (Å²) in [6, 6.07) is 22.9. The third-order valence-corrected chi connectivity index (χ3v) is 7.86. The first-order valence-corrected chi connectivity index (χ1v) is 13.8. The largest absolute Gasteiger partial charge is 0.295 e. The molecule has 1 aliphatic carbocycles. The molecule has 9 nitrogen and oxygen atoms in total. The number of aryl methyl sites for hydroxylation is 1. The molecule has 0 spiro atoms. The van der Waals surface area contributed by atoms with Crippen molar-refractivity contribution >= 4 is 33.0 Å². The van der Waals surface area contributed by atoms with Gasteiger partial charge in [0.25, 0.3) is 21.6 Å². The van der Waals surface area contributed by atoms with Crippen LogP contribution in [0.2, 0.25) is 0 Å².